The zero-order valence-corrected chi connectivity index (χ0v) is 16.7. The number of methoxy groups -OCH3 is 1. The summed E-state index contributed by atoms with van der Waals surface area (Å²) in [6, 6.07) is 12.7. The number of amides is 1. The molecule has 7 heteroatoms. The number of esters is 1. The lowest BCUT2D eigenvalue weighted by molar-refractivity contribution is 0.0600. The lowest BCUT2D eigenvalue weighted by atomic mass is 10.0. The summed E-state index contributed by atoms with van der Waals surface area (Å²) in [5.41, 5.74) is 1.83. The standard InChI is InChI=1S/C22H26FN3O3/c1-25-11-13-26(14-12-25)20(16-7-9-19(23)10-8-16)15-24-21(27)17-3-5-18(6-4-17)22(28)29-2/h3-10,20H,11-15H2,1-2H3,(H,24,27)/t20-/m0/s1. The van der Waals surface area contributed by atoms with Gasteiger partial charge in [-0.15, -0.1) is 0 Å². The number of carbonyl (C=O) groups excluding carboxylic acids is 2. The van der Waals surface area contributed by atoms with E-state index in [2.05, 4.69) is 26.9 Å². The molecule has 0 bridgehead atoms. The van der Waals surface area contributed by atoms with E-state index in [1.165, 1.54) is 19.2 Å². The molecule has 6 nitrogen and oxygen atoms in total. The number of benzene rings is 2. The Kier molecular flexibility index (Phi) is 6.95. The van der Waals surface area contributed by atoms with Crippen LogP contribution in [0.5, 0.6) is 0 Å². The van der Waals surface area contributed by atoms with Gasteiger partial charge in [0.25, 0.3) is 5.91 Å². The van der Waals surface area contributed by atoms with Gasteiger partial charge in [0.1, 0.15) is 5.82 Å². The fourth-order valence-corrected chi connectivity index (χ4v) is 3.44. The molecule has 154 valence electrons. The maximum atomic E-state index is 13.4. The normalized spacial score (nSPS) is 16.2. The van der Waals surface area contributed by atoms with Crippen LogP contribution in [0.3, 0.4) is 0 Å². The van der Waals surface area contributed by atoms with Crippen molar-refractivity contribution in [1.82, 2.24) is 15.1 Å². The van der Waals surface area contributed by atoms with Crippen molar-refractivity contribution in [2.75, 3.05) is 46.9 Å². The first-order valence-corrected chi connectivity index (χ1v) is 9.62. The lowest BCUT2D eigenvalue weighted by Crippen LogP contribution is -2.48. The van der Waals surface area contributed by atoms with Gasteiger partial charge in [0.2, 0.25) is 0 Å². The van der Waals surface area contributed by atoms with E-state index < -0.39 is 5.97 Å². The predicted molar refractivity (Wildman–Crippen MR) is 108 cm³/mol. The highest BCUT2D eigenvalue weighted by Gasteiger charge is 2.24. The van der Waals surface area contributed by atoms with E-state index in [0.717, 1.165) is 31.7 Å². The summed E-state index contributed by atoms with van der Waals surface area (Å²) in [7, 11) is 3.40. The molecule has 0 unspecified atom stereocenters. The molecule has 0 aliphatic carbocycles. The van der Waals surface area contributed by atoms with Crippen molar-refractivity contribution < 1.29 is 18.7 Å². The Morgan fingerprint density at radius 2 is 1.59 bits per heavy atom. The average Bonchev–Trinajstić information content (AvgIpc) is 2.75. The number of nitrogens with zero attached hydrogens (tertiary/aromatic N) is 2. The fraction of sp³-hybridized carbons (Fsp3) is 0.364. The maximum absolute atomic E-state index is 13.4. The second-order valence-electron chi connectivity index (χ2n) is 7.19. The Morgan fingerprint density at radius 3 is 2.17 bits per heavy atom. The summed E-state index contributed by atoms with van der Waals surface area (Å²) in [6.07, 6.45) is 0. The third-order valence-corrected chi connectivity index (χ3v) is 5.26. The summed E-state index contributed by atoms with van der Waals surface area (Å²) in [5.74, 6) is -0.938. The van der Waals surface area contributed by atoms with Gasteiger partial charge >= 0.3 is 5.97 Å². The number of rotatable bonds is 6. The van der Waals surface area contributed by atoms with Crippen LogP contribution in [-0.4, -0.2) is 68.6 Å². The van der Waals surface area contributed by atoms with Crippen LogP contribution in [0.15, 0.2) is 48.5 Å². The van der Waals surface area contributed by atoms with Crippen LogP contribution in [-0.2, 0) is 4.74 Å². The molecule has 1 heterocycles. The smallest absolute Gasteiger partial charge is 0.337 e. The van der Waals surface area contributed by atoms with Crippen LogP contribution < -0.4 is 5.32 Å². The van der Waals surface area contributed by atoms with Crippen molar-refractivity contribution in [3.63, 3.8) is 0 Å². The molecule has 1 N–H and O–H groups in total. The van der Waals surface area contributed by atoms with Gasteiger partial charge in [-0.2, -0.15) is 0 Å². The zero-order chi connectivity index (χ0) is 20.8. The minimum absolute atomic E-state index is 0.0393. The van der Waals surface area contributed by atoms with E-state index in [4.69, 9.17) is 0 Å². The van der Waals surface area contributed by atoms with Crippen molar-refractivity contribution in [3.05, 3.63) is 71.0 Å². The largest absolute Gasteiger partial charge is 0.465 e. The molecule has 0 spiro atoms. The number of carbonyl (C=O) groups is 2. The van der Waals surface area contributed by atoms with Gasteiger partial charge in [0.05, 0.1) is 18.7 Å². The third kappa shape index (κ3) is 5.40. The van der Waals surface area contributed by atoms with Crippen LogP contribution in [0.1, 0.15) is 32.3 Å². The molecule has 2 aromatic rings. The molecule has 0 aromatic heterocycles. The number of piperazine rings is 1. The number of hydrogen-bond acceptors (Lipinski definition) is 5. The zero-order valence-electron chi connectivity index (χ0n) is 16.7. The van der Waals surface area contributed by atoms with Crippen molar-refractivity contribution in [1.29, 1.82) is 0 Å². The van der Waals surface area contributed by atoms with E-state index in [-0.39, 0.29) is 17.8 Å². The molecule has 0 saturated carbocycles. The van der Waals surface area contributed by atoms with Gasteiger partial charge in [-0.1, -0.05) is 12.1 Å². The molecule has 0 radical (unpaired) electrons. The van der Waals surface area contributed by atoms with Gasteiger partial charge in [-0.3, -0.25) is 9.69 Å². The molecule has 1 atom stereocenters. The predicted octanol–water partition coefficient (Wildman–Crippen LogP) is 2.33. The molecule has 1 saturated heterocycles. The summed E-state index contributed by atoms with van der Waals surface area (Å²) in [5, 5.41) is 2.98. The maximum Gasteiger partial charge on any atom is 0.337 e. The van der Waals surface area contributed by atoms with E-state index in [0.29, 0.717) is 17.7 Å². The lowest BCUT2D eigenvalue weighted by Gasteiger charge is -2.38. The number of nitrogens with one attached hydrogen (secondary N) is 1. The van der Waals surface area contributed by atoms with Crippen LogP contribution >= 0.6 is 0 Å². The second kappa shape index (κ2) is 9.62. The highest BCUT2D eigenvalue weighted by Crippen LogP contribution is 2.22. The molecule has 1 aliphatic rings. The van der Waals surface area contributed by atoms with Gasteiger partial charge in [0, 0.05) is 38.3 Å². The Morgan fingerprint density at radius 1 is 1.00 bits per heavy atom. The summed E-state index contributed by atoms with van der Waals surface area (Å²) in [6.45, 7) is 4.05. The summed E-state index contributed by atoms with van der Waals surface area (Å²) >= 11 is 0. The van der Waals surface area contributed by atoms with Gasteiger partial charge in [-0.05, 0) is 49.0 Å². The topological polar surface area (TPSA) is 61.9 Å². The molecular weight excluding hydrogens is 373 g/mol. The molecule has 29 heavy (non-hydrogen) atoms. The number of likely N-dealkylation sites (N-methyl/N-ethyl adjacent to an activating group) is 1. The fourth-order valence-electron chi connectivity index (χ4n) is 3.44. The summed E-state index contributed by atoms with van der Waals surface area (Å²) in [4.78, 5) is 28.7. The SMILES string of the molecule is COC(=O)c1ccc(C(=O)NC[C@@H](c2ccc(F)cc2)N2CCN(C)CC2)cc1. The van der Waals surface area contributed by atoms with E-state index in [9.17, 15) is 14.0 Å². The first-order valence-electron chi connectivity index (χ1n) is 9.62. The van der Waals surface area contributed by atoms with Crippen LogP contribution in [0.25, 0.3) is 0 Å². The number of ether oxygens (including phenoxy) is 1. The summed E-state index contributed by atoms with van der Waals surface area (Å²) < 4.78 is 18.0. The van der Waals surface area contributed by atoms with Crippen LogP contribution in [0.4, 0.5) is 4.39 Å². The molecule has 3 rings (SSSR count). The number of halogens is 1. The van der Waals surface area contributed by atoms with Crippen LogP contribution in [0, 0.1) is 5.82 Å². The minimum Gasteiger partial charge on any atom is -0.465 e. The molecule has 2 aromatic carbocycles. The van der Waals surface area contributed by atoms with Gasteiger partial charge in [-0.25, -0.2) is 9.18 Å². The minimum atomic E-state index is -0.441. The van der Waals surface area contributed by atoms with E-state index in [1.807, 2.05) is 0 Å². The highest BCUT2D eigenvalue weighted by molar-refractivity contribution is 5.96. The Labute approximate surface area is 170 Å². The molecule has 1 aliphatic heterocycles. The molecule has 1 amide bonds. The first kappa shape index (κ1) is 21.0. The Balaban J connectivity index is 1.69. The average molecular weight is 399 g/mol. The Bertz CT molecular complexity index is 831. The second-order valence-corrected chi connectivity index (χ2v) is 7.19. The van der Waals surface area contributed by atoms with Gasteiger partial charge in [0.15, 0.2) is 0 Å². The van der Waals surface area contributed by atoms with E-state index >= 15 is 0 Å². The van der Waals surface area contributed by atoms with Crippen LogP contribution in [0.2, 0.25) is 0 Å². The highest BCUT2D eigenvalue weighted by atomic mass is 19.1. The molecular formula is C22H26FN3O3. The monoisotopic (exact) mass is 399 g/mol. The first-order chi connectivity index (χ1) is 14.0. The third-order valence-electron chi connectivity index (χ3n) is 5.26. The van der Waals surface area contributed by atoms with E-state index in [1.54, 1.807) is 36.4 Å². The van der Waals surface area contributed by atoms with Crippen molar-refractivity contribution >= 4 is 11.9 Å². The van der Waals surface area contributed by atoms with Crippen molar-refractivity contribution in [3.8, 4) is 0 Å². The number of hydrogen-bond donors (Lipinski definition) is 1. The van der Waals surface area contributed by atoms with Crippen molar-refractivity contribution in [2.45, 2.75) is 6.04 Å². The van der Waals surface area contributed by atoms with Crippen molar-refractivity contribution in [2.24, 2.45) is 0 Å². The quantitative estimate of drug-likeness (QED) is 0.756. The van der Waals surface area contributed by atoms with Gasteiger partial charge < -0.3 is 15.0 Å². The Hall–Kier alpha value is -2.77. The molecule has 1 fully saturated rings.